The van der Waals surface area contributed by atoms with E-state index in [1.54, 1.807) is 12.0 Å². The molecule has 3 nitrogen and oxygen atoms in total. The number of halogens is 1. The van der Waals surface area contributed by atoms with Gasteiger partial charge in [0, 0.05) is 26.1 Å². The minimum Gasteiger partial charge on any atom is -0.383 e. The van der Waals surface area contributed by atoms with Gasteiger partial charge in [-0.15, -0.1) is 22.9 Å². The molecule has 15 heavy (non-hydrogen) atoms. The van der Waals surface area contributed by atoms with E-state index in [1.807, 2.05) is 17.5 Å². The standard InChI is InChI=1S/C10H14ClNO2S/c1-14-7-6-12(5-4-11)10(13)9-3-2-8-15-9/h2-3,8H,4-7H2,1H3. The zero-order valence-corrected chi connectivity index (χ0v) is 10.2. The molecule has 0 N–H and O–H groups in total. The molecule has 84 valence electrons. The van der Waals surface area contributed by atoms with Crippen molar-refractivity contribution < 1.29 is 9.53 Å². The highest BCUT2D eigenvalue weighted by molar-refractivity contribution is 7.12. The molecule has 0 atom stereocenters. The lowest BCUT2D eigenvalue weighted by molar-refractivity contribution is 0.0712. The Bertz CT molecular complexity index is 290. The van der Waals surface area contributed by atoms with Crippen molar-refractivity contribution in [3.05, 3.63) is 22.4 Å². The molecule has 0 unspecified atom stereocenters. The number of ether oxygens (including phenoxy) is 1. The quantitative estimate of drug-likeness (QED) is 0.721. The SMILES string of the molecule is COCCN(CCCl)C(=O)c1cccs1. The fourth-order valence-electron chi connectivity index (χ4n) is 1.17. The van der Waals surface area contributed by atoms with Crippen LogP contribution in [0.4, 0.5) is 0 Å². The molecular weight excluding hydrogens is 234 g/mol. The van der Waals surface area contributed by atoms with E-state index in [2.05, 4.69) is 0 Å². The molecule has 1 aromatic rings. The van der Waals surface area contributed by atoms with Gasteiger partial charge in [-0.25, -0.2) is 0 Å². The van der Waals surface area contributed by atoms with Crippen molar-refractivity contribution in [1.82, 2.24) is 4.90 Å². The Balaban J connectivity index is 2.58. The van der Waals surface area contributed by atoms with Crippen molar-refractivity contribution >= 4 is 28.8 Å². The molecule has 5 heteroatoms. The fraction of sp³-hybridized carbons (Fsp3) is 0.500. The third kappa shape index (κ3) is 3.81. The molecule has 0 spiro atoms. The second-order valence-corrected chi connectivity index (χ2v) is 4.28. The number of carbonyl (C=O) groups excluding carboxylic acids is 1. The zero-order chi connectivity index (χ0) is 11.1. The number of hydrogen-bond donors (Lipinski definition) is 0. The first-order valence-corrected chi connectivity index (χ1v) is 6.08. The van der Waals surface area contributed by atoms with Crippen LogP contribution in [0.2, 0.25) is 0 Å². The minimum atomic E-state index is 0.0303. The summed E-state index contributed by atoms with van der Waals surface area (Å²) in [6.07, 6.45) is 0. The van der Waals surface area contributed by atoms with Gasteiger partial charge in [-0.3, -0.25) is 4.79 Å². The molecule has 0 aliphatic heterocycles. The number of amides is 1. The highest BCUT2D eigenvalue weighted by Gasteiger charge is 2.15. The number of thiophene rings is 1. The average molecular weight is 248 g/mol. The summed E-state index contributed by atoms with van der Waals surface area (Å²) in [6.45, 7) is 1.68. The molecule has 1 amide bonds. The number of methoxy groups -OCH3 is 1. The number of rotatable bonds is 6. The highest BCUT2D eigenvalue weighted by atomic mass is 35.5. The maximum absolute atomic E-state index is 11.9. The van der Waals surface area contributed by atoms with Crippen molar-refractivity contribution in [2.45, 2.75) is 0 Å². The molecule has 0 fully saturated rings. The zero-order valence-electron chi connectivity index (χ0n) is 8.61. The Kier molecular flexibility index (Phi) is 5.68. The van der Waals surface area contributed by atoms with Crippen molar-refractivity contribution in [2.24, 2.45) is 0 Å². The van der Waals surface area contributed by atoms with E-state index in [4.69, 9.17) is 16.3 Å². The van der Waals surface area contributed by atoms with Crippen molar-refractivity contribution in [1.29, 1.82) is 0 Å². The van der Waals surface area contributed by atoms with Crippen LogP contribution in [0.25, 0.3) is 0 Å². The van der Waals surface area contributed by atoms with E-state index >= 15 is 0 Å². The average Bonchev–Trinajstić information content (AvgIpc) is 2.76. The van der Waals surface area contributed by atoms with Crippen molar-refractivity contribution in [3.63, 3.8) is 0 Å². The maximum Gasteiger partial charge on any atom is 0.264 e. The molecule has 0 saturated heterocycles. The molecule has 0 aliphatic rings. The summed E-state index contributed by atoms with van der Waals surface area (Å²) in [7, 11) is 1.62. The Morgan fingerprint density at radius 3 is 2.93 bits per heavy atom. The number of nitrogens with zero attached hydrogens (tertiary/aromatic N) is 1. The molecule has 0 aliphatic carbocycles. The predicted molar refractivity (Wildman–Crippen MR) is 62.8 cm³/mol. The largest absolute Gasteiger partial charge is 0.383 e. The summed E-state index contributed by atoms with van der Waals surface area (Å²) in [4.78, 5) is 14.4. The van der Waals surface area contributed by atoms with E-state index in [0.717, 1.165) is 4.88 Å². The number of carbonyl (C=O) groups is 1. The van der Waals surface area contributed by atoms with Gasteiger partial charge in [0.2, 0.25) is 0 Å². The van der Waals surface area contributed by atoms with Gasteiger partial charge in [0.05, 0.1) is 11.5 Å². The predicted octanol–water partition coefficient (Wildman–Crippen LogP) is 2.08. The van der Waals surface area contributed by atoms with Gasteiger partial charge >= 0.3 is 0 Å². The van der Waals surface area contributed by atoms with E-state index in [9.17, 15) is 4.79 Å². The van der Waals surface area contributed by atoms with Crippen molar-refractivity contribution in [2.75, 3.05) is 32.7 Å². The first-order valence-electron chi connectivity index (χ1n) is 4.67. The van der Waals surface area contributed by atoms with Crippen LogP contribution in [0.3, 0.4) is 0 Å². The summed E-state index contributed by atoms with van der Waals surface area (Å²) in [5.41, 5.74) is 0. The summed E-state index contributed by atoms with van der Waals surface area (Å²) in [6, 6.07) is 3.69. The first kappa shape index (κ1) is 12.5. The van der Waals surface area contributed by atoms with Crippen LogP contribution in [-0.2, 0) is 4.74 Å². The van der Waals surface area contributed by atoms with E-state index in [-0.39, 0.29) is 5.91 Å². The van der Waals surface area contributed by atoms with Crippen LogP contribution in [0.5, 0.6) is 0 Å². The van der Waals surface area contributed by atoms with E-state index in [0.29, 0.717) is 25.6 Å². The van der Waals surface area contributed by atoms with Gasteiger partial charge in [0.15, 0.2) is 0 Å². The van der Waals surface area contributed by atoms with Gasteiger partial charge in [-0.1, -0.05) is 6.07 Å². The van der Waals surface area contributed by atoms with E-state index in [1.165, 1.54) is 11.3 Å². The number of alkyl halides is 1. The van der Waals surface area contributed by atoms with Gasteiger partial charge < -0.3 is 9.64 Å². The summed E-state index contributed by atoms with van der Waals surface area (Å²) < 4.78 is 4.95. The van der Waals surface area contributed by atoms with Crippen LogP contribution < -0.4 is 0 Å². The normalized spacial score (nSPS) is 10.3. The molecule has 0 aromatic carbocycles. The smallest absolute Gasteiger partial charge is 0.264 e. The Morgan fingerprint density at radius 2 is 2.40 bits per heavy atom. The Hall–Kier alpha value is -0.580. The van der Waals surface area contributed by atoms with Crippen LogP contribution in [0.15, 0.2) is 17.5 Å². The lowest BCUT2D eigenvalue weighted by Crippen LogP contribution is -2.35. The highest BCUT2D eigenvalue weighted by Crippen LogP contribution is 2.11. The van der Waals surface area contributed by atoms with Crippen molar-refractivity contribution in [3.8, 4) is 0 Å². The summed E-state index contributed by atoms with van der Waals surface area (Å²) in [5, 5.41) is 1.89. The van der Waals surface area contributed by atoms with Crippen LogP contribution in [-0.4, -0.2) is 43.5 Å². The molecular formula is C10H14ClNO2S. The second-order valence-electron chi connectivity index (χ2n) is 2.95. The molecule has 0 bridgehead atoms. The molecule has 1 rings (SSSR count). The molecule has 0 radical (unpaired) electrons. The van der Waals surface area contributed by atoms with Crippen LogP contribution in [0, 0.1) is 0 Å². The monoisotopic (exact) mass is 247 g/mol. The molecule has 1 heterocycles. The first-order chi connectivity index (χ1) is 7.29. The lowest BCUT2D eigenvalue weighted by atomic mass is 10.4. The van der Waals surface area contributed by atoms with Crippen LogP contribution >= 0.6 is 22.9 Å². The van der Waals surface area contributed by atoms with Crippen LogP contribution in [0.1, 0.15) is 9.67 Å². The van der Waals surface area contributed by atoms with Gasteiger partial charge in [0.1, 0.15) is 0 Å². The second kappa shape index (κ2) is 6.82. The maximum atomic E-state index is 11.9. The molecule has 0 saturated carbocycles. The Labute approximate surface area is 98.6 Å². The topological polar surface area (TPSA) is 29.5 Å². The van der Waals surface area contributed by atoms with Gasteiger partial charge in [0.25, 0.3) is 5.91 Å². The minimum absolute atomic E-state index is 0.0303. The Morgan fingerprint density at radius 1 is 1.60 bits per heavy atom. The molecule has 1 aromatic heterocycles. The number of hydrogen-bond acceptors (Lipinski definition) is 3. The van der Waals surface area contributed by atoms with Gasteiger partial charge in [-0.05, 0) is 11.4 Å². The summed E-state index contributed by atoms with van der Waals surface area (Å²) in [5.74, 6) is 0.476. The fourth-order valence-corrected chi connectivity index (χ4v) is 2.07. The third-order valence-electron chi connectivity index (χ3n) is 1.94. The lowest BCUT2D eigenvalue weighted by Gasteiger charge is -2.20. The third-order valence-corrected chi connectivity index (χ3v) is 2.97. The summed E-state index contributed by atoms with van der Waals surface area (Å²) >= 11 is 7.09. The van der Waals surface area contributed by atoms with Gasteiger partial charge in [-0.2, -0.15) is 0 Å². The van der Waals surface area contributed by atoms with E-state index < -0.39 is 0 Å².